The summed E-state index contributed by atoms with van der Waals surface area (Å²) < 4.78 is 3.73. The fourth-order valence-corrected chi connectivity index (χ4v) is 3.11. The molecule has 2 aliphatic rings. The van der Waals surface area contributed by atoms with E-state index >= 15 is 0 Å². The van der Waals surface area contributed by atoms with Crippen molar-refractivity contribution in [2.24, 2.45) is 5.92 Å². The van der Waals surface area contributed by atoms with E-state index < -0.39 is 0 Å². The molecule has 1 aromatic heterocycles. The number of carbonyl (C=O) groups excluding carboxylic acids is 1. The molecule has 0 aliphatic carbocycles. The Bertz CT molecular complexity index is 366. The van der Waals surface area contributed by atoms with Gasteiger partial charge in [0.2, 0.25) is 0 Å². The summed E-state index contributed by atoms with van der Waals surface area (Å²) in [7, 11) is 0. The quantitative estimate of drug-likeness (QED) is 0.767. The predicted octanol–water partition coefficient (Wildman–Crippen LogP) is 0.362. The van der Waals surface area contributed by atoms with Gasteiger partial charge in [-0.25, -0.2) is 0 Å². The Morgan fingerprint density at radius 2 is 2.50 bits per heavy atom. The van der Waals surface area contributed by atoms with Gasteiger partial charge in [0.25, 0.3) is 5.91 Å². The lowest BCUT2D eigenvalue weighted by Crippen LogP contribution is -2.41. The Hall–Kier alpha value is -1.01. The molecule has 2 unspecified atom stereocenters. The van der Waals surface area contributed by atoms with Crippen LogP contribution in [0.1, 0.15) is 22.5 Å². The lowest BCUT2D eigenvalue weighted by molar-refractivity contribution is 0.0790. The fourth-order valence-electron chi connectivity index (χ4n) is 2.63. The minimum absolute atomic E-state index is 0.0891. The summed E-state index contributed by atoms with van der Waals surface area (Å²) in [5.74, 6) is 0.727. The minimum atomic E-state index is 0.0891. The van der Waals surface area contributed by atoms with Crippen LogP contribution in [0, 0.1) is 5.92 Å². The van der Waals surface area contributed by atoms with Gasteiger partial charge < -0.3 is 10.2 Å². The summed E-state index contributed by atoms with van der Waals surface area (Å²) in [5, 5.41) is 7.20. The maximum Gasteiger partial charge on any atom is 0.267 e. The van der Waals surface area contributed by atoms with Crippen LogP contribution < -0.4 is 5.32 Å². The van der Waals surface area contributed by atoms with Gasteiger partial charge in [0.05, 0.1) is 6.20 Å². The number of rotatable bonds is 1. The van der Waals surface area contributed by atoms with E-state index in [0.717, 1.165) is 19.6 Å². The summed E-state index contributed by atoms with van der Waals surface area (Å²) in [5.41, 5.74) is 0. The minimum Gasteiger partial charge on any atom is -0.336 e. The number of nitrogens with zero attached hydrogens (tertiary/aromatic N) is 3. The van der Waals surface area contributed by atoms with Crippen molar-refractivity contribution in [2.75, 3.05) is 19.6 Å². The van der Waals surface area contributed by atoms with Gasteiger partial charge in [-0.05, 0) is 36.8 Å². The molecular weight excluding hydrogens is 224 g/mol. The third kappa shape index (κ3) is 1.72. The normalized spacial score (nSPS) is 29.1. The molecule has 0 spiro atoms. The Morgan fingerprint density at radius 1 is 1.56 bits per heavy atom. The Morgan fingerprint density at radius 3 is 3.25 bits per heavy atom. The van der Waals surface area contributed by atoms with E-state index in [2.05, 4.69) is 14.9 Å². The maximum atomic E-state index is 12.1. The first-order chi connectivity index (χ1) is 7.84. The highest BCUT2D eigenvalue weighted by Crippen LogP contribution is 2.26. The van der Waals surface area contributed by atoms with Crippen molar-refractivity contribution in [2.45, 2.75) is 18.9 Å². The van der Waals surface area contributed by atoms with Crippen molar-refractivity contribution in [3.63, 3.8) is 0 Å². The highest BCUT2D eigenvalue weighted by molar-refractivity contribution is 7.07. The van der Waals surface area contributed by atoms with Crippen LogP contribution in [-0.4, -0.2) is 46.1 Å². The first-order valence-electron chi connectivity index (χ1n) is 5.64. The number of hydrogen-bond acceptors (Lipinski definition) is 5. The third-order valence-corrected chi connectivity index (χ3v) is 4.11. The monoisotopic (exact) mass is 238 g/mol. The third-order valence-electron chi connectivity index (χ3n) is 3.46. The van der Waals surface area contributed by atoms with Crippen LogP contribution in [0.25, 0.3) is 0 Å². The molecule has 2 saturated heterocycles. The Kier molecular flexibility index (Phi) is 2.61. The predicted molar refractivity (Wildman–Crippen MR) is 60.3 cm³/mol. The molecule has 16 heavy (non-hydrogen) atoms. The van der Waals surface area contributed by atoms with E-state index in [9.17, 15) is 4.79 Å². The highest BCUT2D eigenvalue weighted by atomic mass is 32.1. The number of aromatic nitrogens is 2. The van der Waals surface area contributed by atoms with Gasteiger partial charge in [-0.1, -0.05) is 4.49 Å². The zero-order valence-electron chi connectivity index (χ0n) is 8.93. The largest absolute Gasteiger partial charge is 0.336 e. The first kappa shape index (κ1) is 10.2. The number of likely N-dealkylation sites (tertiary alicyclic amines) is 1. The summed E-state index contributed by atoms with van der Waals surface area (Å²) in [4.78, 5) is 14.7. The molecule has 2 fully saturated rings. The zero-order valence-corrected chi connectivity index (χ0v) is 9.74. The van der Waals surface area contributed by atoms with Crippen molar-refractivity contribution in [3.8, 4) is 0 Å². The number of hydrogen-bond donors (Lipinski definition) is 1. The van der Waals surface area contributed by atoms with Gasteiger partial charge in [-0.3, -0.25) is 4.79 Å². The number of fused-ring (bicyclic) bond motifs is 1. The SMILES string of the molecule is O=C(c1cnns1)N1CC2CCCNC2C1. The lowest BCUT2D eigenvalue weighted by Gasteiger charge is -2.24. The molecular formula is C10H14N4OS. The number of nitrogens with one attached hydrogen (secondary N) is 1. The second-order valence-electron chi connectivity index (χ2n) is 4.45. The highest BCUT2D eigenvalue weighted by Gasteiger charge is 2.36. The summed E-state index contributed by atoms with van der Waals surface area (Å²) >= 11 is 1.18. The van der Waals surface area contributed by atoms with Crippen LogP contribution in [0.5, 0.6) is 0 Å². The molecule has 6 heteroatoms. The molecule has 1 N–H and O–H groups in total. The molecule has 0 bridgehead atoms. The number of carbonyl (C=O) groups is 1. The van der Waals surface area contributed by atoms with Crippen LogP contribution in [0.15, 0.2) is 6.20 Å². The molecule has 1 aromatic rings. The van der Waals surface area contributed by atoms with Crippen molar-refractivity contribution >= 4 is 17.4 Å². The Labute approximate surface area is 98.0 Å². The molecule has 3 heterocycles. The van der Waals surface area contributed by atoms with Gasteiger partial charge >= 0.3 is 0 Å². The Balaban J connectivity index is 1.71. The maximum absolute atomic E-state index is 12.1. The van der Waals surface area contributed by atoms with Crippen molar-refractivity contribution in [1.82, 2.24) is 19.8 Å². The molecule has 0 radical (unpaired) electrons. The van der Waals surface area contributed by atoms with Crippen LogP contribution in [-0.2, 0) is 0 Å². The van der Waals surface area contributed by atoms with Gasteiger partial charge in [-0.15, -0.1) is 5.10 Å². The number of amides is 1. The van der Waals surface area contributed by atoms with E-state index in [1.54, 1.807) is 6.20 Å². The molecule has 86 valence electrons. The van der Waals surface area contributed by atoms with E-state index in [1.807, 2.05) is 4.90 Å². The van der Waals surface area contributed by atoms with E-state index in [1.165, 1.54) is 24.4 Å². The van der Waals surface area contributed by atoms with Gasteiger partial charge in [0.15, 0.2) is 0 Å². The summed E-state index contributed by atoms with van der Waals surface area (Å²) in [6, 6.07) is 0.499. The van der Waals surface area contributed by atoms with Crippen LogP contribution in [0.4, 0.5) is 0 Å². The van der Waals surface area contributed by atoms with Crippen LogP contribution in [0.2, 0.25) is 0 Å². The molecule has 1 amide bonds. The van der Waals surface area contributed by atoms with E-state index in [0.29, 0.717) is 16.8 Å². The van der Waals surface area contributed by atoms with Gasteiger partial charge in [0, 0.05) is 19.1 Å². The number of piperidine rings is 1. The molecule has 2 atom stereocenters. The molecule has 3 rings (SSSR count). The summed E-state index contributed by atoms with van der Waals surface area (Å²) in [6.45, 7) is 2.81. The van der Waals surface area contributed by atoms with Crippen LogP contribution in [0.3, 0.4) is 0 Å². The lowest BCUT2D eigenvalue weighted by atomic mass is 9.94. The molecule has 0 aromatic carbocycles. The van der Waals surface area contributed by atoms with E-state index in [4.69, 9.17) is 0 Å². The van der Waals surface area contributed by atoms with Gasteiger partial charge in [-0.2, -0.15) is 0 Å². The first-order valence-corrected chi connectivity index (χ1v) is 6.42. The zero-order chi connectivity index (χ0) is 11.0. The topological polar surface area (TPSA) is 58.1 Å². The van der Waals surface area contributed by atoms with Crippen molar-refractivity contribution < 1.29 is 4.79 Å². The second kappa shape index (κ2) is 4.10. The average Bonchev–Trinajstić information content (AvgIpc) is 2.97. The van der Waals surface area contributed by atoms with E-state index in [-0.39, 0.29) is 5.91 Å². The molecule has 2 aliphatic heterocycles. The summed E-state index contributed by atoms with van der Waals surface area (Å²) in [6.07, 6.45) is 4.02. The van der Waals surface area contributed by atoms with Crippen molar-refractivity contribution in [3.05, 3.63) is 11.1 Å². The van der Waals surface area contributed by atoms with Crippen LogP contribution >= 0.6 is 11.5 Å². The molecule has 0 saturated carbocycles. The fraction of sp³-hybridized carbons (Fsp3) is 0.700. The smallest absolute Gasteiger partial charge is 0.267 e. The van der Waals surface area contributed by atoms with Gasteiger partial charge in [0.1, 0.15) is 4.88 Å². The average molecular weight is 238 g/mol. The molecule has 5 nitrogen and oxygen atoms in total. The standard InChI is InChI=1S/C10H14N4OS/c15-10(9-4-12-13-16-9)14-5-7-2-1-3-11-8(7)6-14/h4,7-8,11H,1-3,5-6H2. The van der Waals surface area contributed by atoms with Crippen molar-refractivity contribution in [1.29, 1.82) is 0 Å². The second-order valence-corrected chi connectivity index (χ2v) is 5.24.